The minimum atomic E-state index is -0.00544. The summed E-state index contributed by atoms with van der Waals surface area (Å²) < 4.78 is 0. The third kappa shape index (κ3) is 3.64. The van der Waals surface area contributed by atoms with Crippen molar-refractivity contribution < 1.29 is 4.79 Å². The Morgan fingerprint density at radius 3 is 2.84 bits per heavy atom. The lowest BCUT2D eigenvalue weighted by molar-refractivity contribution is -0.115. The summed E-state index contributed by atoms with van der Waals surface area (Å²) in [6.07, 6.45) is 5.70. The van der Waals surface area contributed by atoms with Gasteiger partial charge in [0, 0.05) is 24.2 Å². The Morgan fingerprint density at radius 2 is 2.04 bits per heavy atom. The van der Waals surface area contributed by atoms with E-state index in [1.54, 1.807) is 17.7 Å². The molecule has 1 aliphatic heterocycles. The molecule has 1 aromatic carbocycles. The van der Waals surface area contributed by atoms with Crippen LogP contribution in [0.3, 0.4) is 0 Å². The zero-order valence-electron chi connectivity index (χ0n) is 13.9. The molecule has 0 unspecified atom stereocenters. The van der Waals surface area contributed by atoms with Crippen LogP contribution in [0.1, 0.15) is 24.8 Å². The number of thiophene rings is 1. The molecular formula is C19H20N4OS. The molecule has 0 bridgehead atoms. The van der Waals surface area contributed by atoms with Crippen LogP contribution in [0.15, 0.2) is 41.4 Å². The van der Waals surface area contributed by atoms with Crippen LogP contribution in [-0.2, 0) is 11.2 Å². The summed E-state index contributed by atoms with van der Waals surface area (Å²) in [5.74, 6) is 0.966. The average Bonchev–Trinajstić information content (AvgIpc) is 3.14. The van der Waals surface area contributed by atoms with Gasteiger partial charge in [0.1, 0.15) is 12.1 Å². The van der Waals surface area contributed by atoms with Crippen LogP contribution in [-0.4, -0.2) is 29.0 Å². The molecule has 4 rings (SSSR count). The van der Waals surface area contributed by atoms with E-state index < -0.39 is 0 Å². The monoisotopic (exact) mass is 352 g/mol. The van der Waals surface area contributed by atoms with E-state index in [9.17, 15) is 4.79 Å². The van der Waals surface area contributed by atoms with Gasteiger partial charge < -0.3 is 10.2 Å². The largest absolute Gasteiger partial charge is 0.356 e. The molecule has 1 fully saturated rings. The predicted octanol–water partition coefficient (Wildman–Crippen LogP) is 3.86. The Balaban J connectivity index is 1.59. The standard InChI is InChI=1S/C19H20N4OS/c24-18(10-14-6-9-25-12-14)22-15-4-5-17-16(11-15)19(21-13-20-17)23-7-2-1-3-8-23/h4-6,9,11-13H,1-3,7-8,10H2,(H,22,24). The number of anilines is 2. The normalized spacial score (nSPS) is 14.6. The maximum absolute atomic E-state index is 12.3. The van der Waals surface area contributed by atoms with Crippen LogP contribution in [0.25, 0.3) is 10.9 Å². The molecule has 0 aliphatic carbocycles. The van der Waals surface area contributed by atoms with E-state index in [-0.39, 0.29) is 5.91 Å². The van der Waals surface area contributed by atoms with Gasteiger partial charge in [-0.2, -0.15) is 11.3 Å². The molecule has 3 heterocycles. The first-order valence-corrected chi connectivity index (χ1v) is 9.54. The highest BCUT2D eigenvalue weighted by atomic mass is 32.1. The van der Waals surface area contributed by atoms with Gasteiger partial charge in [0.05, 0.1) is 11.9 Å². The highest BCUT2D eigenvalue weighted by Crippen LogP contribution is 2.28. The maximum atomic E-state index is 12.3. The Hall–Kier alpha value is -2.47. The highest BCUT2D eigenvalue weighted by Gasteiger charge is 2.16. The van der Waals surface area contributed by atoms with Crippen molar-refractivity contribution in [3.63, 3.8) is 0 Å². The van der Waals surface area contributed by atoms with Crippen molar-refractivity contribution in [3.8, 4) is 0 Å². The van der Waals surface area contributed by atoms with Crippen molar-refractivity contribution in [1.29, 1.82) is 0 Å². The molecular weight excluding hydrogens is 332 g/mol. The molecule has 0 spiro atoms. The molecule has 6 heteroatoms. The molecule has 1 amide bonds. The number of piperidine rings is 1. The van der Waals surface area contributed by atoms with Crippen molar-refractivity contribution in [2.75, 3.05) is 23.3 Å². The number of rotatable bonds is 4. The average molecular weight is 352 g/mol. The highest BCUT2D eigenvalue weighted by molar-refractivity contribution is 7.08. The Bertz CT molecular complexity index is 872. The Kier molecular flexibility index (Phi) is 4.61. The third-order valence-electron chi connectivity index (χ3n) is 4.50. The minimum absolute atomic E-state index is 0.00544. The van der Waals surface area contributed by atoms with Gasteiger partial charge in [-0.15, -0.1) is 0 Å². The van der Waals surface area contributed by atoms with Gasteiger partial charge in [-0.25, -0.2) is 9.97 Å². The molecule has 1 aliphatic rings. The van der Waals surface area contributed by atoms with E-state index in [1.807, 2.05) is 35.0 Å². The minimum Gasteiger partial charge on any atom is -0.356 e. The van der Waals surface area contributed by atoms with E-state index in [0.29, 0.717) is 6.42 Å². The van der Waals surface area contributed by atoms with Crippen molar-refractivity contribution in [1.82, 2.24) is 9.97 Å². The number of carbonyl (C=O) groups is 1. The second kappa shape index (κ2) is 7.19. The number of nitrogens with zero attached hydrogens (tertiary/aromatic N) is 3. The van der Waals surface area contributed by atoms with E-state index >= 15 is 0 Å². The Labute approximate surface area is 150 Å². The first-order chi connectivity index (χ1) is 12.3. The molecule has 0 saturated carbocycles. The topological polar surface area (TPSA) is 58.1 Å². The third-order valence-corrected chi connectivity index (χ3v) is 5.23. The number of aromatic nitrogens is 2. The summed E-state index contributed by atoms with van der Waals surface area (Å²) >= 11 is 1.61. The first-order valence-electron chi connectivity index (χ1n) is 8.60. The fraction of sp³-hybridized carbons (Fsp3) is 0.316. The van der Waals surface area contributed by atoms with Gasteiger partial charge in [0.2, 0.25) is 5.91 Å². The second-order valence-electron chi connectivity index (χ2n) is 6.33. The summed E-state index contributed by atoms with van der Waals surface area (Å²) in [6.45, 7) is 2.06. The molecule has 128 valence electrons. The van der Waals surface area contributed by atoms with Gasteiger partial charge in [0.15, 0.2) is 0 Å². The number of amides is 1. The number of hydrogen-bond acceptors (Lipinski definition) is 5. The molecule has 3 aromatic rings. The van der Waals surface area contributed by atoms with Crippen molar-refractivity contribution in [2.24, 2.45) is 0 Å². The molecule has 25 heavy (non-hydrogen) atoms. The Morgan fingerprint density at radius 1 is 1.16 bits per heavy atom. The fourth-order valence-corrected chi connectivity index (χ4v) is 3.93. The van der Waals surface area contributed by atoms with Crippen LogP contribution in [0.5, 0.6) is 0 Å². The van der Waals surface area contributed by atoms with E-state index in [1.165, 1.54) is 19.3 Å². The van der Waals surface area contributed by atoms with Gasteiger partial charge in [-0.05, 0) is 59.9 Å². The van der Waals surface area contributed by atoms with Crippen molar-refractivity contribution in [2.45, 2.75) is 25.7 Å². The molecule has 1 N–H and O–H groups in total. The van der Waals surface area contributed by atoms with Gasteiger partial charge in [0.25, 0.3) is 0 Å². The van der Waals surface area contributed by atoms with E-state index in [4.69, 9.17) is 0 Å². The van der Waals surface area contributed by atoms with E-state index in [2.05, 4.69) is 20.2 Å². The van der Waals surface area contributed by atoms with Crippen molar-refractivity contribution in [3.05, 3.63) is 46.9 Å². The van der Waals surface area contributed by atoms with Gasteiger partial charge >= 0.3 is 0 Å². The van der Waals surface area contributed by atoms with E-state index in [0.717, 1.165) is 41.1 Å². The van der Waals surface area contributed by atoms with Crippen LogP contribution in [0.4, 0.5) is 11.5 Å². The van der Waals surface area contributed by atoms with Gasteiger partial charge in [-0.1, -0.05) is 0 Å². The zero-order chi connectivity index (χ0) is 17.1. The number of fused-ring (bicyclic) bond motifs is 1. The first kappa shape index (κ1) is 16.0. The fourth-order valence-electron chi connectivity index (χ4n) is 3.26. The molecule has 1 saturated heterocycles. The van der Waals surface area contributed by atoms with Crippen LogP contribution < -0.4 is 10.2 Å². The molecule has 0 radical (unpaired) electrons. The smallest absolute Gasteiger partial charge is 0.228 e. The number of benzene rings is 1. The summed E-state index contributed by atoms with van der Waals surface area (Å²) in [7, 11) is 0. The lowest BCUT2D eigenvalue weighted by atomic mass is 10.1. The lowest BCUT2D eigenvalue weighted by Crippen LogP contribution is -2.30. The number of carbonyl (C=O) groups excluding carboxylic acids is 1. The summed E-state index contributed by atoms with van der Waals surface area (Å²) in [4.78, 5) is 23.5. The van der Waals surface area contributed by atoms with Crippen LogP contribution in [0.2, 0.25) is 0 Å². The summed E-state index contributed by atoms with van der Waals surface area (Å²) in [5, 5.41) is 7.98. The number of nitrogens with one attached hydrogen (secondary N) is 1. The SMILES string of the molecule is O=C(Cc1ccsc1)Nc1ccc2ncnc(N3CCCCC3)c2c1. The summed E-state index contributed by atoms with van der Waals surface area (Å²) in [5.41, 5.74) is 2.74. The quantitative estimate of drug-likeness (QED) is 0.774. The van der Waals surface area contributed by atoms with Gasteiger partial charge in [-0.3, -0.25) is 4.79 Å². The van der Waals surface area contributed by atoms with Crippen molar-refractivity contribution >= 4 is 39.7 Å². The second-order valence-corrected chi connectivity index (χ2v) is 7.11. The predicted molar refractivity (Wildman–Crippen MR) is 102 cm³/mol. The zero-order valence-corrected chi connectivity index (χ0v) is 14.8. The lowest BCUT2D eigenvalue weighted by Gasteiger charge is -2.28. The van der Waals surface area contributed by atoms with Crippen LogP contribution >= 0.6 is 11.3 Å². The van der Waals surface area contributed by atoms with Crippen LogP contribution in [0, 0.1) is 0 Å². The molecule has 5 nitrogen and oxygen atoms in total. The number of hydrogen-bond donors (Lipinski definition) is 1. The molecule has 2 aromatic heterocycles. The summed E-state index contributed by atoms with van der Waals surface area (Å²) in [6, 6.07) is 7.82. The molecule has 0 atom stereocenters. The maximum Gasteiger partial charge on any atom is 0.228 e.